The van der Waals surface area contributed by atoms with Gasteiger partial charge in [0.2, 0.25) is 17.8 Å². The number of phenolic OH excluding ortho intramolecular Hbond substituents is 1. The van der Waals surface area contributed by atoms with Gasteiger partial charge in [0.15, 0.2) is 0 Å². The van der Waals surface area contributed by atoms with Crippen molar-refractivity contribution in [1.29, 1.82) is 0 Å². The van der Waals surface area contributed by atoms with E-state index in [0.29, 0.717) is 23.5 Å². The lowest BCUT2D eigenvalue weighted by atomic mass is 10.1. The van der Waals surface area contributed by atoms with Crippen molar-refractivity contribution in [2.75, 3.05) is 46.6 Å². The molecule has 2 fully saturated rings. The Morgan fingerprint density at radius 1 is 0.806 bits per heavy atom. The molecule has 9 nitrogen and oxygen atoms in total. The molecule has 1 amide bonds. The Morgan fingerprint density at radius 2 is 1.42 bits per heavy atom. The molecule has 1 aromatic heterocycles. The lowest BCUT2D eigenvalue weighted by Gasteiger charge is -2.30. The SMILES string of the molecule is Cc1ccc(C(=O)Nc2cccc(Nc3nc(N4CCCCC4)nc(N4CCCCC4)n3)c2)c(O)c1. The molecular weight excluding hydrogens is 454 g/mol. The molecule has 0 radical (unpaired) electrons. The zero-order chi connectivity index (χ0) is 24.9. The number of phenols is 1. The van der Waals surface area contributed by atoms with Crippen molar-refractivity contribution >= 4 is 35.1 Å². The van der Waals surface area contributed by atoms with Gasteiger partial charge < -0.3 is 25.5 Å². The van der Waals surface area contributed by atoms with Crippen molar-refractivity contribution < 1.29 is 9.90 Å². The average Bonchev–Trinajstić information content (AvgIpc) is 2.89. The minimum absolute atomic E-state index is 0.0394. The number of aromatic hydroxyl groups is 1. The molecule has 2 aromatic carbocycles. The number of aryl methyl sites for hydroxylation is 1. The van der Waals surface area contributed by atoms with Crippen LogP contribution >= 0.6 is 0 Å². The molecule has 0 saturated carbocycles. The smallest absolute Gasteiger partial charge is 0.259 e. The number of hydrogen-bond acceptors (Lipinski definition) is 8. The van der Waals surface area contributed by atoms with Gasteiger partial charge in [-0.3, -0.25) is 4.79 Å². The molecule has 5 rings (SSSR count). The van der Waals surface area contributed by atoms with E-state index in [2.05, 4.69) is 20.4 Å². The van der Waals surface area contributed by atoms with E-state index in [1.54, 1.807) is 24.3 Å². The average molecular weight is 488 g/mol. The zero-order valence-electron chi connectivity index (χ0n) is 20.7. The second-order valence-electron chi connectivity index (χ2n) is 9.53. The lowest BCUT2D eigenvalue weighted by Crippen LogP contribution is -2.34. The highest BCUT2D eigenvalue weighted by molar-refractivity contribution is 6.06. The van der Waals surface area contributed by atoms with Gasteiger partial charge in [-0.15, -0.1) is 0 Å². The predicted octanol–water partition coefficient (Wildman–Crippen LogP) is 4.86. The maximum Gasteiger partial charge on any atom is 0.259 e. The molecular formula is C27H33N7O2. The van der Waals surface area contributed by atoms with E-state index < -0.39 is 0 Å². The Hall–Kier alpha value is -3.88. The van der Waals surface area contributed by atoms with Crippen LogP contribution in [-0.4, -0.2) is 52.1 Å². The van der Waals surface area contributed by atoms with Crippen LogP contribution in [0.5, 0.6) is 5.75 Å². The number of benzene rings is 2. The highest BCUT2D eigenvalue weighted by atomic mass is 16.3. The maximum atomic E-state index is 12.7. The van der Waals surface area contributed by atoms with Crippen molar-refractivity contribution in [2.45, 2.75) is 45.4 Å². The van der Waals surface area contributed by atoms with Crippen LogP contribution < -0.4 is 20.4 Å². The van der Waals surface area contributed by atoms with Crippen LogP contribution in [0.3, 0.4) is 0 Å². The molecule has 2 aliphatic rings. The lowest BCUT2D eigenvalue weighted by molar-refractivity contribution is 0.102. The first-order valence-corrected chi connectivity index (χ1v) is 12.8. The van der Waals surface area contributed by atoms with Gasteiger partial charge in [-0.1, -0.05) is 12.1 Å². The normalized spacial score (nSPS) is 16.0. The van der Waals surface area contributed by atoms with Gasteiger partial charge in [-0.25, -0.2) is 0 Å². The van der Waals surface area contributed by atoms with Crippen LogP contribution in [0.1, 0.15) is 54.4 Å². The van der Waals surface area contributed by atoms with E-state index in [0.717, 1.165) is 63.1 Å². The topological polar surface area (TPSA) is 107 Å². The first-order valence-electron chi connectivity index (χ1n) is 12.8. The molecule has 188 valence electrons. The minimum atomic E-state index is -0.371. The van der Waals surface area contributed by atoms with E-state index >= 15 is 0 Å². The van der Waals surface area contributed by atoms with E-state index in [-0.39, 0.29) is 17.2 Å². The summed E-state index contributed by atoms with van der Waals surface area (Å²) in [6, 6.07) is 12.4. The predicted molar refractivity (Wildman–Crippen MR) is 142 cm³/mol. The van der Waals surface area contributed by atoms with E-state index in [1.807, 2.05) is 25.1 Å². The third-order valence-corrected chi connectivity index (χ3v) is 6.66. The monoisotopic (exact) mass is 487 g/mol. The number of carbonyl (C=O) groups excluding carboxylic acids is 1. The van der Waals surface area contributed by atoms with Crippen LogP contribution in [0.25, 0.3) is 0 Å². The Kier molecular flexibility index (Phi) is 7.16. The Bertz CT molecular complexity index is 1180. The Balaban J connectivity index is 1.37. The first kappa shape index (κ1) is 23.8. The third kappa shape index (κ3) is 5.67. The minimum Gasteiger partial charge on any atom is -0.507 e. The second-order valence-corrected chi connectivity index (χ2v) is 9.53. The number of nitrogens with one attached hydrogen (secondary N) is 2. The van der Waals surface area contributed by atoms with Gasteiger partial charge >= 0.3 is 0 Å². The first-order chi connectivity index (χ1) is 17.5. The van der Waals surface area contributed by atoms with Gasteiger partial charge in [0, 0.05) is 37.6 Å². The number of piperidine rings is 2. The molecule has 2 saturated heterocycles. The number of hydrogen-bond donors (Lipinski definition) is 3. The molecule has 0 unspecified atom stereocenters. The number of nitrogens with zero attached hydrogens (tertiary/aromatic N) is 5. The van der Waals surface area contributed by atoms with Crippen LogP contribution in [0.15, 0.2) is 42.5 Å². The molecule has 9 heteroatoms. The molecule has 2 aliphatic heterocycles. The molecule has 0 atom stereocenters. The Labute approximate surface area is 211 Å². The van der Waals surface area contributed by atoms with Gasteiger partial charge in [0.1, 0.15) is 5.75 Å². The summed E-state index contributed by atoms with van der Waals surface area (Å²) in [5.74, 6) is 1.51. The summed E-state index contributed by atoms with van der Waals surface area (Å²) in [7, 11) is 0. The molecule has 0 bridgehead atoms. The summed E-state index contributed by atoms with van der Waals surface area (Å²) in [6.07, 6.45) is 7.06. The fourth-order valence-electron chi connectivity index (χ4n) is 4.72. The summed E-state index contributed by atoms with van der Waals surface area (Å²) in [5.41, 5.74) is 2.47. The van der Waals surface area contributed by atoms with Crippen LogP contribution in [0, 0.1) is 6.92 Å². The van der Waals surface area contributed by atoms with Crippen molar-refractivity contribution in [3.05, 3.63) is 53.6 Å². The maximum absolute atomic E-state index is 12.7. The largest absolute Gasteiger partial charge is 0.507 e. The highest BCUT2D eigenvalue weighted by Gasteiger charge is 2.20. The second kappa shape index (κ2) is 10.8. The van der Waals surface area contributed by atoms with Gasteiger partial charge in [0.05, 0.1) is 5.56 Å². The fourth-order valence-corrected chi connectivity index (χ4v) is 4.72. The molecule has 36 heavy (non-hydrogen) atoms. The number of aromatic nitrogens is 3. The van der Waals surface area contributed by atoms with Gasteiger partial charge in [-0.2, -0.15) is 15.0 Å². The van der Waals surface area contributed by atoms with Crippen molar-refractivity contribution in [3.8, 4) is 5.75 Å². The number of rotatable bonds is 6. The molecule has 0 aliphatic carbocycles. The van der Waals surface area contributed by atoms with Crippen LogP contribution in [-0.2, 0) is 0 Å². The van der Waals surface area contributed by atoms with Crippen LogP contribution in [0.2, 0.25) is 0 Å². The van der Waals surface area contributed by atoms with E-state index in [4.69, 9.17) is 15.0 Å². The van der Waals surface area contributed by atoms with Crippen LogP contribution in [0.4, 0.5) is 29.2 Å². The van der Waals surface area contributed by atoms with E-state index in [9.17, 15) is 9.90 Å². The fraction of sp³-hybridized carbons (Fsp3) is 0.407. The number of anilines is 5. The van der Waals surface area contributed by atoms with Crippen molar-refractivity contribution in [1.82, 2.24) is 15.0 Å². The zero-order valence-corrected chi connectivity index (χ0v) is 20.7. The Morgan fingerprint density at radius 3 is 2.03 bits per heavy atom. The summed E-state index contributed by atoms with van der Waals surface area (Å²) in [5, 5.41) is 16.3. The highest BCUT2D eigenvalue weighted by Crippen LogP contribution is 2.26. The summed E-state index contributed by atoms with van der Waals surface area (Å²) in [4.78, 5) is 31.5. The third-order valence-electron chi connectivity index (χ3n) is 6.66. The summed E-state index contributed by atoms with van der Waals surface area (Å²) < 4.78 is 0. The molecule has 3 N–H and O–H groups in total. The van der Waals surface area contributed by atoms with Gasteiger partial charge in [0.25, 0.3) is 5.91 Å². The van der Waals surface area contributed by atoms with E-state index in [1.165, 1.54) is 12.8 Å². The molecule has 0 spiro atoms. The molecule has 3 aromatic rings. The summed E-state index contributed by atoms with van der Waals surface area (Å²) >= 11 is 0. The summed E-state index contributed by atoms with van der Waals surface area (Å²) in [6.45, 7) is 5.68. The number of carbonyl (C=O) groups is 1. The number of amides is 1. The molecule has 3 heterocycles. The van der Waals surface area contributed by atoms with Crippen molar-refractivity contribution in [3.63, 3.8) is 0 Å². The standard InChI is InChI=1S/C27H33N7O2/c1-19-11-12-22(23(35)17-19)24(36)28-20-9-8-10-21(18-20)29-25-30-26(33-13-4-2-5-14-33)32-27(31-25)34-15-6-3-7-16-34/h8-12,17-18,35H,2-7,13-16H2,1H3,(H,28,36)(H,29,30,31,32). The van der Waals surface area contributed by atoms with Gasteiger partial charge in [-0.05, 0) is 81.3 Å². The van der Waals surface area contributed by atoms with Crippen molar-refractivity contribution in [2.24, 2.45) is 0 Å². The quantitative estimate of drug-likeness (QED) is 0.453.